The lowest BCUT2D eigenvalue weighted by Crippen LogP contribution is -2.10. The molecule has 0 bridgehead atoms. The van der Waals surface area contributed by atoms with Crippen LogP contribution in [0, 0.1) is 0 Å². The van der Waals surface area contributed by atoms with Crippen LogP contribution in [0.15, 0.2) is 30.6 Å². The maximum absolute atomic E-state index is 11.0. The van der Waals surface area contributed by atoms with Crippen LogP contribution in [0.2, 0.25) is 0 Å². The Hall–Kier alpha value is -1.38. The zero-order chi connectivity index (χ0) is 7.56. The fraction of sp³-hybridized carbons (Fsp3) is 0.143. The van der Waals surface area contributed by atoms with E-state index in [1.165, 1.54) is 4.68 Å². The lowest BCUT2D eigenvalue weighted by Gasteiger charge is -1.95. The molecule has 0 atom stereocenters. The minimum atomic E-state index is -0.162. The van der Waals surface area contributed by atoms with Crippen LogP contribution in [-0.2, 0) is 0 Å². The Morgan fingerprint density at radius 1 is 1.70 bits per heavy atom. The number of nitrogens with zero attached hydrogens (tertiary/aromatic N) is 2. The molecule has 10 heavy (non-hydrogen) atoms. The lowest BCUT2D eigenvalue weighted by molar-refractivity contribution is 0.0941. The van der Waals surface area contributed by atoms with E-state index in [2.05, 4.69) is 11.7 Å². The summed E-state index contributed by atoms with van der Waals surface area (Å²) in [4.78, 5) is 11.0. The molecule has 3 nitrogen and oxygen atoms in total. The fourth-order valence-corrected chi connectivity index (χ4v) is 0.584. The van der Waals surface area contributed by atoms with E-state index in [9.17, 15) is 4.79 Å². The molecule has 0 aliphatic rings. The maximum Gasteiger partial charge on any atom is 0.273 e. The van der Waals surface area contributed by atoms with Crippen LogP contribution in [0.25, 0.3) is 0 Å². The molecule has 0 saturated carbocycles. The number of allylic oxidation sites excluding steroid dienone is 1. The molecule has 0 aliphatic heterocycles. The van der Waals surface area contributed by atoms with E-state index >= 15 is 0 Å². The van der Waals surface area contributed by atoms with Gasteiger partial charge < -0.3 is 0 Å². The Labute approximate surface area is 59.0 Å². The van der Waals surface area contributed by atoms with E-state index < -0.39 is 0 Å². The molecule has 1 aromatic rings. The van der Waals surface area contributed by atoms with Crippen LogP contribution in [0.4, 0.5) is 0 Å². The first-order valence-corrected chi connectivity index (χ1v) is 2.91. The monoisotopic (exact) mass is 136 g/mol. The highest BCUT2D eigenvalue weighted by molar-refractivity contribution is 5.93. The maximum atomic E-state index is 11.0. The molecule has 0 radical (unpaired) electrons. The van der Waals surface area contributed by atoms with Gasteiger partial charge in [0.2, 0.25) is 0 Å². The summed E-state index contributed by atoms with van der Waals surface area (Å²) in [7, 11) is 0. The third kappa shape index (κ3) is 1.13. The lowest BCUT2D eigenvalue weighted by atomic mass is 10.3. The smallest absolute Gasteiger partial charge is 0.267 e. The minimum absolute atomic E-state index is 0.162. The zero-order valence-electron chi connectivity index (χ0n) is 5.74. The Balaban J connectivity index is 2.88. The van der Waals surface area contributed by atoms with Crippen LogP contribution in [0.3, 0.4) is 0 Å². The van der Waals surface area contributed by atoms with Crippen LogP contribution < -0.4 is 0 Å². The summed E-state index contributed by atoms with van der Waals surface area (Å²) >= 11 is 0. The van der Waals surface area contributed by atoms with Crippen molar-refractivity contribution in [2.75, 3.05) is 0 Å². The summed E-state index contributed by atoms with van der Waals surface area (Å²) in [6.45, 7) is 5.16. The van der Waals surface area contributed by atoms with E-state index in [0.29, 0.717) is 5.57 Å². The molecule has 0 spiro atoms. The quantitative estimate of drug-likeness (QED) is 0.542. The van der Waals surface area contributed by atoms with Gasteiger partial charge in [0.15, 0.2) is 0 Å². The molecule has 52 valence electrons. The molecule has 0 saturated heterocycles. The summed E-state index contributed by atoms with van der Waals surface area (Å²) in [5, 5.41) is 3.74. The van der Waals surface area contributed by atoms with Gasteiger partial charge >= 0.3 is 0 Å². The second-order valence-corrected chi connectivity index (χ2v) is 2.04. The Kier molecular flexibility index (Phi) is 1.67. The molecule has 1 heterocycles. The molecule has 0 N–H and O–H groups in total. The minimum Gasteiger partial charge on any atom is -0.267 e. The van der Waals surface area contributed by atoms with Crippen LogP contribution in [0.5, 0.6) is 0 Å². The van der Waals surface area contributed by atoms with Gasteiger partial charge in [-0.05, 0) is 13.0 Å². The molecule has 1 rings (SSSR count). The highest BCUT2D eigenvalue weighted by Crippen LogP contribution is 1.93. The van der Waals surface area contributed by atoms with Crippen molar-refractivity contribution >= 4 is 5.91 Å². The van der Waals surface area contributed by atoms with E-state index in [-0.39, 0.29) is 5.91 Å². The summed E-state index contributed by atoms with van der Waals surface area (Å²) < 4.78 is 1.25. The van der Waals surface area contributed by atoms with Gasteiger partial charge in [-0.2, -0.15) is 5.10 Å². The SMILES string of the molecule is C=C(C)C(=O)n1cccn1. The van der Waals surface area contributed by atoms with E-state index in [4.69, 9.17) is 0 Å². The standard InChI is InChI=1S/C7H8N2O/c1-6(2)7(10)9-5-3-4-8-9/h3-5H,1H2,2H3. The highest BCUT2D eigenvalue weighted by atomic mass is 16.2. The first-order valence-electron chi connectivity index (χ1n) is 2.91. The fourth-order valence-electron chi connectivity index (χ4n) is 0.584. The molecule has 3 heteroatoms. The number of rotatable bonds is 1. The molecule has 1 aromatic heterocycles. The van der Waals surface area contributed by atoms with Crippen molar-refractivity contribution in [3.8, 4) is 0 Å². The van der Waals surface area contributed by atoms with E-state index in [1.807, 2.05) is 0 Å². The van der Waals surface area contributed by atoms with Gasteiger partial charge in [-0.25, -0.2) is 4.68 Å². The molecule has 0 aromatic carbocycles. The molecular weight excluding hydrogens is 128 g/mol. The molecule has 0 amide bonds. The van der Waals surface area contributed by atoms with Gasteiger partial charge in [0.1, 0.15) is 0 Å². The predicted molar refractivity (Wildman–Crippen MR) is 37.7 cm³/mol. The van der Waals surface area contributed by atoms with Crippen molar-refractivity contribution in [3.63, 3.8) is 0 Å². The third-order valence-corrected chi connectivity index (χ3v) is 1.08. The largest absolute Gasteiger partial charge is 0.273 e. The van der Waals surface area contributed by atoms with Crippen molar-refractivity contribution in [2.24, 2.45) is 0 Å². The number of aromatic nitrogens is 2. The second kappa shape index (κ2) is 2.47. The van der Waals surface area contributed by atoms with Gasteiger partial charge in [-0.3, -0.25) is 4.79 Å². The zero-order valence-corrected chi connectivity index (χ0v) is 5.74. The third-order valence-electron chi connectivity index (χ3n) is 1.08. The molecule has 0 unspecified atom stereocenters. The van der Waals surface area contributed by atoms with Crippen molar-refractivity contribution in [3.05, 3.63) is 30.6 Å². The van der Waals surface area contributed by atoms with Gasteiger partial charge in [-0.15, -0.1) is 0 Å². The van der Waals surface area contributed by atoms with Crippen LogP contribution in [0.1, 0.15) is 11.7 Å². The molecular formula is C7H8N2O. The number of hydrogen-bond acceptors (Lipinski definition) is 2. The van der Waals surface area contributed by atoms with E-state index in [0.717, 1.165) is 0 Å². The summed E-state index contributed by atoms with van der Waals surface area (Å²) in [6, 6.07) is 1.70. The second-order valence-electron chi connectivity index (χ2n) is 2.04. The summed E-state index contributed by atoms with van der Waals surface area (Å²) in [5.74, 6) is -0.162. The molecule has 0 aliphatic carbocycles. The van der Waals surface area contributed by atoms with Crippen molar-refractivity contribution in [1.82, 2.24) is 9.78 Å². The summed E-state index contributed by atoms with van der Waals surface area (Å²) in [5.41, 5.74) is 0.490. The average molecular weight is 136 g/mol. The van der Waals surface area contributed by atoms with Crippen molar-refractivity contribution in [2.45, 2.75) is 6.92 Å². The van der Waals surface area contributed by atoms with Gasteiger partial charge in [0.05, 0.1) is 0 Å². The van der Waals surface area contributed by atoms with Crippen molar-refractivity contribution < 1.29 is 4.79 Å². The van der Waals surface area contributed by atoms with Crippen molar-refractivity contribution in [1.29, 1.82) is 0 Å². The van der Waals surface area contributed by atoms with Gasteiger partial charge in [0.25, 0.3) is 5.91 Å². The van der Waals surface area contributed by atoms with Gasteiger partial charge in [0, 0.05) is 18.0 Å². The number of carbonyl (C=O) groups is 1. The normalized spacial score (nSPS) is 9.30. The first kappa shape index (κ1) is 6.74. The molecule has 0 fully saturated rings. The number of hydrogen-bond donors (Lipinski definition) is 0. The van der Waals surface area contributed by atoms with Crippen LogP contribution in [-0.4, -0.2) is 15.7 Å². The van der Waals surface area contributed by atoms with Gasteiger partial charge in [-0.1, -0.05) is 6.58 Å². The average Bonchev–Trinajstić information content (AvgIpc) is 2.36. The highest BCUT2D eigenvalue weighted by Gasteiger charge is 2.02. The topological polar surface area (TPSA) is 34.9 Å². The van der Waals surface area contributed by atoms with Crippen LogP contribution >= 0.6 is 0 Å². The Bertz CT molecular complexity index is 249. The Morgan fingerprint density at radius 2 is 2.40 bits per heavy atom. The number of carbonyl (C=O) groups excluding carboxylic acids is 1. The van der Waals surface area contributed by atoms with E-state index in [1.54, 1.807) is 25.4 Å². The summed E-state index contributed by atoms with van der Waals surface area (Å²) in [6.07, 6.45) is 3.15. The first-order chi connectivity index (χ1) is 4.72. The predicted octanol–water partition coefficient (Wildman–Crippen LogP) is 1.10. The Morgan fingerprint density at radius 3 is 2.80 bits per heavy atom.